The van der Waals surface area contributed by atoms with Crippen LogP contribution in [0.5, 0.6) is 17.2 Å². The molecule has 4 heteroatoms. The predicted molar refractivity (Wildman–Crippen MR) is 118 cm³/mol. The summed E-state index contributed by atoms with van der Waals surface area (Å²) in [5, 5.41) is 3.19. The van der Waals surface area contributed by atoms with Gasteiger partial charge in [-0.1, -0.05) is 72.8 Å². The summed E-state index contributed by atoms with van der Waals surface area (Å²) in [4.78, 5) is 0. The van der Waals surface area contributed by atoms with Crippen LogP contribution in [-0.2, 0) is 0 Å². The van der Waals surface area contributed by atoms with Gasteiger partial charge in [0.1, 0.15) is 5.75 Å². The first kappa shape index (κ1) is 21.9. The first-order valence-electron chi connectivity index (χ1n) is 10.2. The molecule has 0 spiro atoms. The Balaban J connectivity index is 2.09. The van der Waals surface area contributed by atoms with Crippen LogP contribution in [-0.4, -0.2) is 25.7 Å². The maximum Gasteiger partial charge on any atom is 0.169 e. The molecule has 0 bridgehead atoms. The van der Waals surface area contributed by atoms with E-state index in [1.54, 1.807) is 7.11 Å². The number of methoxy groups -OCH3 is 1. The largest absolute Gasteiger partial charge is 0.493 e. The highest BCUT2D eigenvalue weighted by molar-refractivity contribution is 9.09. The van der Waals surface area contributed by atoms with Crippen LogP contribution in [0.15, 0.2) is 30.3 Å². The van der Waals surface area contributed by atoms with Gasteiger partial charge >= 0.3 is 0 Å². The van der Waals surface area contributed by atoms with Crippen molar-refractivity contribution in [3.8, 4) is 17.2 Å². The summed E-state index contributed by atoms with van der Waals surface area (Å²) >= 11 is 3.47. The molecule has 150 valence electrons. The van der Waals surface area contributed by atoms with Crippen molar-refractivity contribution < 1.29 is 14.2 Å². The minimum atomic E-state index is 0.719. The maximum atomic E-state index is 6.15. The Morgan fingerprint density at radius 2 is 1.44 bits per heavy atom. The van der Waals surface area contributed by atoms with Crippen LogP contribution in [0.3, 0.4) is 0 Å². The zero-order valence-corrected chi connectivity index (χ0v) is 18.4. The second-order valence-corrected chi connectivity index (χ2v) is 7.61. The number of unbranched alkanes of at least 4 members (excludes halogenated alkanes) is 6. The van der Waals surface area contributed by atoms with E-state index in [0.717, 1.165) is 59.4 Å². The number of ether oxygens (including phenoxy) is 3. The summed E-state index contributed by atoms with van der Waals surface area (Å²) in [6.07, 6.45) is 9.52. The molecular weight excluding hydrogens is 404 g/mol. The fourth-order valence-electron chi connectivity index (χ4n) is 3.15. The molecule has 0 unspecified atom stereocenters. The van der Waals surface area contributed by atoms with Crippen molar-refractivity contribution in [3.63, 3.8) is 0 Å². The van der Waals surface area contributed by atoms with E-state index >= 15 is 0 Å². The third-order valence-electron chi connectivity index (χ3n) is 4.67. The number of halogens is 1. The molecule has 0 saturated carbocycles. The summed E-state index contributed by atoms with van der Waals surface area (Å²) in [6, 6.07) is 10.2. The lowest BCUT2D eigenvalue weighted by molar-refractivity contribution is 0.283. The van der Waals surface area contributed by atoms with Crippen LogP contribution in [0.25, 0.3) is 10.8 Å². The predicted octanol–water partition coefficient (Wildman–Crippen LogP) is 7.14. The van der Waals surface area contributed by atoms with Crippen LogP contribution >= 0.6 is 15.9 Å². The van der Waals surface area contributed by atoms with Crippen molar-refractivity contribution in [1.82, 2.24) is 0 Å². The van der Waals surface area contributed by atoms with E-state index in [9.17, 15) is 0 Å². The highest BCUT2D eigenvalue weighted by Crippen LogP contribution is 2.41. The van der Waals surface area contributed by atoms with Gasteiger partial charge in [-0.15, -0.1) is 0 Å². The van der Waals surface area contributed by atoms with Gasteiger partial charge < -0.3 is 14.2 Å². The van der Waals surface area contributed by atoms with Gasteiger partial charge in [0, 0.05) is 22.2 Å². The molecule has 0 fully saturated rings. The van der Waals surface area contributed by atoms with Gasteiger partial charge in [-0.3, -0.25) is 0 Å². The number of rotatable bonds is 14. The second-order valence-electron chi connectivity index (χ2n) is 6.81. The molecule has 0 radical (unpaired) electrons. The van der Waals surface area contributed by atoms with Gasteiger partial charge in [0.25, 0.3) is 0 Å². The first-order chi connectivity index (χ1) is 13.3. The van der Waals surface area contributed by atoms with Crippen molar-refractivity contribution in [3.05, 3.63) is 30.3 Å². The molecule has 0 aliphatic heterocycles. The van der Waals surface area contributed by atoms with E-state index in [4.69, 9.17) is 14.2 Å². The van der Waals surface area contributed by atoms with E-state index < -0.39 is 0 Å². The lowest BCUT2D eigenvalue weighted by atomic mass is 10.1. The average Bonchev–Trinajstić information content (AvgIpc) is 2.71. The minimum Gasteiger partial charge on any atom is -0.493 e. The molecule has 3 nitrogen and oxygen atoms in total. The van der Waals surface area contributed by atoms with Crippen molar-refractivity contribution in [1.29, 1.82) is 0 Å². The Morgan fingerprint density at radius 1 is 0.778 bits per heavy atom. The number of hydrogen-bond acceptors (Lipinski definition) is 3. The molecule has 0 aromatic heterocycles. The summed E-state index contributed by atoms with van der Waals surface area (Å²) in [6.45, 7) is 3.67. The second kappa shape index (κ2) is 12.9. The third kappa shape index (κ3) is 6.91. The average molecular weight is 437 g/mol. The van der Waals surface area contributed by atoms with Crippen molar-refractivity contribution in [2.24, 2.45) is 0 Å². The first-order valence-corrected chi connectivity index (χ1v) is 11.3. The van der Waals surface area contributed by atoms with E-state index in [0.29, 0.717) is 0 Å². The van der Waals surface area contributed by atoms with Crippen LogP contribution in [0.4, 0.5) is 0 Å². The van der Waals surface area contributed by atoms with Crippen LogP contribution in [0.2, 0.25) is 0 Å². The quantitative estimate of drug-likeness (QED) is 0.232. The van der Waals surface area contributed by atoms with Crippen LogP contribution in [0, 0.1) is 0 Å². The summed E-state index contributed by atoms with van der Waals surface area (Å²) in [5.74, 6) is 2.45. The Bertz CT molecular complexity index is 672. The lowest BCUT2D eigenvalue weighted by Gasteiger charge is -2.17. The Morgan fingerprint density at radius 3 is 2.15 bits per heavy atom. The molecule has 2 rings (SSSR count). The molecule has 0 atom stereocenters. The fourth-order valence-corrected chi connectivity index (χ4v) is 3.54. The number of benzene rings is 2. The van der Waals surface area contributed by atoms with Gasteiger partial charge in [0.05, 0.1) is 20.3 Å². The maximum absolute atomic E-state index is 6.15. The van der Waals surface area contributed by atoms with E-state index in [1.807, 2.05) is 18.2 Å². The minimum absolute atomic E-state index is 0.719. The van der Waals surface area contributed by atoms with Crippen LogP contribution in [0.1, 0.15) is 58.3 Å². The van der Waals surface area contributed by atoms with Gasteiger partial charge in [0.15, 0.2) is 11.5 Å². The molecule has 2 aromatic rings. The summed E-state index contributed by atoms with van der Waals surface area (Å²) in [7, 11) is 1.69. The number of fused-ring (bicyclic) bond motifs is 1. The fraction of sp³-hybridized carbons (Fsp3) is 0.565. The Hall–Kier alpha value is -1.42. The summed E-state index contributed by atoms with van der Waals surface area (Å²) < 4.78 is 17.9. The van der Waals surface area contributed by atoms with E-state index in [-0.39, 0.29) is 0 Å². The lowest BCUT2D eigenvalue weighted by Crippen LogP contribution is -2.03. The molecule has 0 N–H and O–H groups in total. The monoisotopic (exact) mass is 436 g/mol. The standard InChI is InChI=1S/C23H33BrO3/c1-3-4-5-6-11-17-27-23-20-14-9-8-13-19(20)21(18-22(23)25-2)26-16-12-7-10-15-24/h8-9,13-14,18H,3-7,10-12,15-17H2,1-2H3. The Labute approximate surface area is 172 Å². The van der Waals surface area contributed by atoms with E-state index in [1.165, 1.54) is 38.5 Å². The molecule has 0 aliphatic rings. The SMILES string of the molecule is CCCCCCCOc1c(OC)cc(OCCCCCBr)c2ccccc12. The normalized spacial score (nSPS) is 10.9. The topological polar surface area (TPSA) is 27.7 Å². The van der Waals surface area contributed by atoms with Crippen LogP contribution < -0.4 is 14.2 Å². The third-order valence-corrected chi connectivity index (χ3v) is 5.23. The molecule has 27 heavy (non-hydrogen) atoms. The number of hydrogen-bond donors (Lipinski definition) is 0. The van der Waals surface area contributed by atoms with Gasteiger partial charge in [-0.05, 0) is 25.7 Å². The Kier molecular flexibility index (Phi) is 10.4. The van der Waals surface area contributed by atoms with Gasteiger partial charge in [-0.2, -0.15) is 0 Å². The molecule has 2 aromatic carbocycles. The highest BCUT2D eigenvalue weighted by Gasteiger charge is 2.15. The molecule has 0 aliphatic carbocycles. The smallest absolute Gasteiger partial charge is 0.169 e. The number of alkyl halides is 1. The molecular formula is C23H33BrO3. The molecule has 0 amide bonds. The van der Waals surface area contributed by atoms with Gasteiger partial charge in [0.2, 0.25) is 0 Å². The zero-order chi connectivity index (χ0) is 19.3. The highest BCUT2D eigenvalue weighted by atomic mass is 79.9. The molecule has 0 heterocycles. The molecule has 0 saturated heterocycles. The van der Waals surface area contributed by atoms with Crippen molar-refractivity contribution >= 4 is 26.7 Å². The van der Waals surface area contributed by atoms with Crippen molar-refractivity contribution in [2.75, 3.05) is 25.7 Å². The van der Waals surface area contributed by atoms with E-state index in [2.05, 4.69) is 35.0 Å². The van der Waals surface area contributed by atoms with Gasteiger partial charge in [-0.25, -0.2) is 0 Å². The zero-order valence-electron chi connectivity index (χ0n) is 16.8. The van der Waals surface area contributed by atoms with Crippen molar-refractivity contribution in [2.45, 2.75) is 58.3 Å². The summed E-state index contributed by atoms with van der Waals surface area (Å²) in [5.41, 5.74) is 0.